The summed E-state index contributed by atoms with van der Waals surface area (Å²) in [6.45, 7) is 5.48. The average Bonchev–Trinajstić information content (AvgIpc) is 2.57. The summed E-state index contributed by atoms with van der Waals surface area (Å²) in [7, 11) is -0.192. The Bertz CT molecular complexity index is 449. The Morgan fingerprint density at radius 2 is 2.06 bits per heavy atom. The van der Waals surface area contributed by atoms with Crippen molar-refractivity contribution in [2.75, 3.05) is 20.6 Å². The van der Waals surface area contributed by atoms with E-state index in [1.807, 2.05) is 13.8 Å². The van der Waals surface area contributed by atoms with Gasteiger partial charge in [-0.2, -0.15) is 0 Å². The van der Waals surface area contributed by atoms with Crippen molar-refractivity contribution in [3.8, 4) is 0 Å². The number of thiophene rings is 1. The van der Waals surface area contributed by atoms with Gasteiger partial charge in [-0.25, -0.2) is 12.7 Å². The third-order valence-electron chi connectivity index (χ3n) is 2.23. The van der Waals surface area contributed by atoms with Crippen LogP contribution in [0.4, 0.5) is 0 Å². The molecule has 1 heterocycles. The van der Waals surface area contributed by atoms with Crippen molar-refractivity contribution < 1.29 is 8.42 Å². The predicted molar refractivity (Wildman–Crippen MR) is 67.3 cm³/mol. The number of hydrogen-bond donors (Lipinski definition) is 1. The lowest BCUT2D eigenvalue weighted by Crippen LogP contribution is -2.22. The van der Waals surface area contributed by atoms with Gasteiger partial charge in [0.1, 0.15) is 0 Å². The largest absolute Gasteiger partial charge is 0.312 e. The lowest BCUT2D eigenvalue weighted by molar-refractivity contribution is 0.520. The van der Waals surface area contributed by atoms with E-state index in [0.717, 1.165) is 22.8 Å². The first-order valence-corrected chi connectivity index (χ1v) is 7.37. The highest BCUT2D eigenvalue weighted by Crippen LogP contribution is 2.27. The van der Waals surface area contributed by atoms with Crippen LogP contribution in [-0.4, -0.2) is 33.4 Å². The number of rotatable bonds is 5. The van der Waals surface area contributed by atoms with E-state index in [1.165, 1.54) is 15.6 Å². The zero-order chi connectivity index (χ0) is 12.3. The second kappa shape index (κ2) is 5.27. The summed E-state index contributed by atoms with van der Waals surface area (Å²) >= 11 is 1.53. The van der Waals surface area contributed by atoms with Crippen molar-refractivity contribution in [2.45, 2.75) is 25.3 Å². The molecule has 6 heteroatoms. The molecule has 4 nitrogen and oxygen atoms in total. The molecule has 0 unspecified atom stereocenters. The van der Waals surface area contributed by atoms with Crippen molar-refractivity contribution in [2.24, 2.45) is 0 Å². The average molecular weight is 262 g/mol. The fraction of sp³-hybridized carbons (Fsp3) is 0.600. The van der Waals surface area contributed by atoms with Gasteiger partial charge in [0.15, 0.2) is 0 Å². The van der Waals surface area contributed by atoms with Crippen LogP contribution in [0, 0.1) is 6.92 Å². The van der Waals surface area contributed by atoms with E-state index >= 15 is 0 Å². The van der Waals surface area contributed by atoms with Gasteiger partial charge >= 0.3 is 0 Å². The molecule has 0 saturated carbocycles. The van der Waals surface area contributed by atoms with Crippen LogP contribution < -0.4 is 5.32 Å². The standard InChI is InChI=1S/C10H18N2O2S2/c1-5-11-7-9-6-10(8(2)15-9)16(13,14)12(3)4/h6,11H,5,7H2,1-4H3. The van der Waals surface area contributed by atoms with Gasteiger partial charge in [0, 0.05) is 30.4 Å². The van der Waals surface area contributed by atoms with E-state index in [0.29, 0.717) is 4.90 Å². The fourth-order valence-corrected chi connectivity index (χ4v) is 3.78. The SMILES string of the molecule is CCNCc1cc(S(=O)(=O)N(C)C)c(C)s1. The first-order chi connectivity index (χ1) is 7.39. The molecule has 92 valence electrons. The normalized spacial score (nSPS) is 12.3. The molecule has 0 aliphatic rings. The van der Waals surface area contributed by atoms with Crippen LogP contribution in [0.3, 0.4) is 0 Å². The molecule has 0 spiro atoms. The molecule has 1 rings (SSSR count). The molecule has 0 saturated heterocycles. The lowest BCUT2D eigenvalue weighted by atomic mass is 10.4. The van der Waals surface area contributed by atoms with E-state index in [9.17, 15) is 8.42 Å². The number of hydrogen-bond acceptors (Lipinski definition) is 4. The molecule has 0 bridgehead atoms. The zero-order valence-corrected chi connectivity index (χ0v) is 11.7. The maximum absolute atomic E-state index is 12.0. The summed E-state index contributed by atoms with van der Waals surface area (Å²) in [5.41, 5.74) is 0. The maximum Gasteiger partial charge on any atom is 0.243 e. The van der Waals surface area contributed by atoms with Crippen LogP contribution in [-0.2, 0) is 16.6 Å². The van der Waals surface area contributed by atoms with Gasteiger partial charge in [-0.1, -0.05) is 6.92 Å². The van der Waals surface area contributed by atoms with E-state index in [-0.39, 0.29) is 0 Å². The third-order valence-corrected chi connectivity index (χ3v) is 5.35. The Kier molecular flexibility index (Phi) is 4.49. The van der Waals surface area contributed by atoms with Crippen LogP contribution >= 0.6 is 11.3 Å². The molecular weight excluding hydrogens is 244 g/mol. The van der Waals surface area contributed by atoms with Gasteiger partial charge in [-0.3, -0.25) is 0 Å². The molecule has 0 aliphatic carbocycles. The molecule has 0 aromatic carbocycles. The van der Waals surface area contributed by atoms with Gasteiger partial charge < -0.3 is 5.32 Å². The number of nitrogens with zero attached hydrogens (tertiary/aromatic N) is 1. The number of sulfonamides is 1. The fourth-order valence-electron chi connectivity index (χ4n) is 1.31. The van der Waals surface area contributed by atoms with Crippen LogP contribution in [0.1, 0.15) is 16.7 Å². The first kappa shape index (κ1) is 13.6. The highest BCUT2D eigenvalue weighted by atomic mass is 32.2. The van der Waals surface area contributed by atoms with E-state index in [1.54, 1.807) is 20.2 Å². The highest BCUT2D eigenvalue weighted by Gasteiger charge is 2.21. The number of aryl methyl sites for hydroxylation is 1. The molecule has 0 atom stereocenters. The van der Waals surface area contributed by atoms with Gasteiger partial charge in [-0.15, -0.1) is 11.3 Å². The van der Waals surface area contributed by atoms with E-state index < -0.39 is 10.0 Å². The smallest absolute Gasteiger partial charge is 0.243 e. The van der Waals surface area contributed by atoms with Crippen LogP contribution in [0.2, 0.25) is 0 Å². The quantitative estimate of drug-likeness (QED) is 0.873. The van der Waals surface area contributed by atoms with Crippen molar-refractivity contribution in [3.63, 3.8) is 0 Å². The van der Waals surface area contributed by atoms with E-state index in [2.05, 4.69) is 5.32 Å². The summed E-state index contributed by atoms with van der Waals surface area (Å²) in [6.07, 6.45) is 0. The minimum atomic E-state index is -3.30. The first-order valence-electron chi connectivity index (χ1n) is 5.12. The molecule has 1 aromatic heterocycles. The maximum atomic E-state index is 12.0. The Balaban J connectivity index is 3.03. The molecular formula is C10H18N2O2S2. The summed E-state index contributed by atoms with van der Waals surface area (Å²) in [4.78, 5) is 2.33. The van der Waals surface area contributed by atoms with Crippen LogP contribution in [0.15, 0.2) is 11.0 Å². The summed E-state index contributed by atoms with van der Waals surface area (Å²) in [5, 5.41) is 3.19. The van der Waals surface area contributed by atoms with Crippen molar-refractivity contribution in [1.82, 2.24) is 9.62 Å². The molecule has 0 radical (unpaired) electrons. The number of nitrogens with one attached hydrogen (secondary N) is 1. The van der Waals surface area contributed by atoms with Gasteiger partial charge in [-0.05, 0) is 19.5 Å². The molecule has 1 N–H and O–H groups in total. The van der Waals surface area contributed by atoms with Crippen molar-refractivity contribution >= 4 is 21.4 Å². The van der Waals surface area contributed by atoms with Crippen LogP contribution in [0.25, 0.3) is 0 Å². The summed E-state index contributed by atoms with van der Waals surface area (Å²) < 4.78 is 25.2. The Hall–Kier alpha value is -0.430. The Labute approximate surface area is 101 Å². The predicted octanol–water partition coefficient (Wildman–Crippen LogP) is 1.42. The van der Waals surface area contributed by atoms with Crippen LogP contribution in [0.5, 0.6) is 0 Å². The van der Waals surface area contributed by atoms with Gasteiger partial charge in [0.2, 0.25) is 10.0 Å². The molecule has 0 aliphatic heterocycles. The Morgan fingerprint density at radius 3 is 2.56 bits per heavy atom. The minimum Gasteiger partial charge on any atom is -0.312 e. The monoisotopic (exact) mass is 262 g/mol. The minimum absolute atomic E-state index is 0.426. The van der Waals surface area contributed by atoms with Gasteiger partial charge in [0.25, 0.3) is 0 Å². The molecule has 0 amide bonds. The second-order valence-corrected chi connectivity index (χ2v) is 7.16. The van der Waals surface area contributed by atoms with Crippen molar-refractivity contribution in [1.29, 1.82) is 0 Å². The highest BCUT2D eigenvalue weighted by molar-refractivity contribution is 7.89. The topological polar surface area (TPSA) is 49.4 Å². The summed E-state index contributed by atoms with van der Waals surface area (Å²) in [5.74, 6) is 0. The summed E-state index contributed by atoms with van der Waals surface area (Å²) in [6, 6.07) is 1.76. The molecule has 0 fully saturated rings. The zero-order valence-electron chi connectivity index (χ0n) is 10.1. The Morgan fingerprint density at radius 1 is 1.44 bits per heavy atom. The lowest BCUT2D eigenvalue weighted by Gasteiger charge is -2.10. The molecule has 1 aromatic rings. The van der Waals surface area contributed by atoms with Crippen molar-refractivity contribution in [3.05, 3.63) is 15.8 Å². The second-order valence-electron chi connectivity index (χ2n) is 3.70. The third kappa shape index (κ3) is 2.82. The van der Waals surface area contributed by atoms with E-state index in [4.69, 9.17) is 0 Å². The molecule has 16 heavy (non-hydrogen) atoms. The van der Waals surface area contributed by atoms with Gasteiger partial charge in [0.05, 0.1) is 4.90 Å².